The second kappa shape index (κ2) is 9.69. The predicted molar refractivity (Wildman–Crippen MR) is 117 cm³/mol. The first-order valence-corrected chi connectivity index (χ1v) is 10.3. The topological polar surface area (TPSA) is 70.4 Å². The number of esters is 1. The average Bonchev–Trinajstić information content (AvgIpc) is 2.71. The molecule has 1 aromatic heterocycles. The lowest BCUT2D eigenvalue weighted by molar-refractivity contribution is -0.142. The monoisotopic (exact) mass is 468 g/mol. The maximum absolute atomic E-state index is 13.0. The molecule has 1 heterocycles. The summed E-state index contributed by atoms with van der Waals surface area (Å²) in [6, 6.07) is 14.7. The van der Waals surface area contributed by atoms with E-state index in [-0.39, 0.29) is 25.3 Å². The van der Waals surface area contributed by atoms with Crippen LogP contribution in [0.15, 0.2) is 53.3 Å². The molecule has 2 aromatic carbocycles. The summed E-state index contributed by atoms with van der Waals surface area (Å²) in [5, 5.41) is 0.496. The molecule has 0 aliphatic heterocycles. The fraction of sp³-hybridized carbons (Fsp3) is 0.286. The Kier molecular flexibility index (Phi) is 7.23. The highest BCUT2D eigenvalue weighted by Crippen LogP contribution is 2.27. The molecule has 0 fully saturated rings. The van der Waals surface area contributed by atoms with E-state index in [1.165, 1.54) is 4.57 Å². The molecule has 30 heavy (non-hydrogen) atoms. The maximum Gasteiger partial charge on any atom is 0.358 e. The average molecular weight is 470 g/mol. The van der Waals surface area contributed by atoms with E-state index in [2.05, 4.69) is 4.98 Å². The summed E-state index contributed by atoms with van der Waals surface area (Å²) in [7, 11) is 0. The standard InChI is InChI=1S/C21H19Cl3N2O4/c1-14-7-2-5-10-17(14)30-13-18-25-16-9-4-3-8-15(16)19(27)26(18)11-6-12-29-20(28)21(22,23)24/h2-5,7-10H,6,11-13H2,1H3. The molecule has 0 spiro atoms. The van der Waals surface area contributed by atoms with Gasteiger partial charge in [-0.25, -0.2) is 9.78 Å². The minimum absolute atomic E-state index is 0.00982. The summed E-state index contributed by atoms with van der Waals surface area (Å²) in [5.41, 5.74) is 1.37. The number of ether oxygens (including phenoxy) is 2. The highest BCUT2D eigenvalue weighted by molar-refractivity contribution is 6.75. The summed E-state index contributed by atoms with van der Waals surface area (Å²) < 4.78 is 10.2. The van der Waals surface area contributed by atoms with Crippen molar-refractivity contribution in [3.05, 3.63) is 70.3 Å². The second-order valence-corrected chi connectivity index (χ2v) is 8.82. The lowest BCUT2D eigenvalue weighted by atomic mass is 10.2. The van der Waals surface area contributed by atoms with Gasteiger partial charge in [-0.1, -0.05) is 65.1 Å². The van der Waals surface area contributed by atoms with Crippen LogP contribution in [0.1, 0.15) is 17.8 Å². The quantitative estimate of drug-likeness (QED) is 0.288. The molecule has 0 saturated carbocycles. The van der Waals surface area contributed by atoms with E-state index in [4.69, 9.17) is 44.3 Å². The summed E-state index contributed by atoms with van der Waals surface area (Å²) >= 11 is 16.4. The van der Waals surface area contributed by atoms with Gasteiger partial charge in [-0.3, -0.25) is 9.36 Å². The second-order valence-electron chi connectivity index (χ2n) is 6.54. The van der Waals surface area contributed by atoms with Gasteiger partial charge in [0.05, 0.1) is 17.5 Å². The van der Waals surface area contributed by atoms with Crippen molar-refractivity contribution in [2.24, 2.45) is 0 Å². The number of hydrogen-bond donors (Lipinski definition) is 0. The van der Waals surface area contributed by atoms with E-state index in [1.807, 2.05) is 37.3 Å². The first kappa shape index (κ1) is 22.4. The molecule has 0 unspecified atom stereocenters. The van der Waals surface area contributed by atoms with Crippen LogP contribution in [0, 0.1) is 6.92 Å². The number of benzene rings is 2. The van der Waals surface area contributed by atoms with Crippen LogP contribution in [0.25, 0.3) is 10.9 Å². The number of rotatable bonds is 7. The molecule has 0 bridgehead atoms. The SMILES string of the molecule is Cc1ccccc1OCc1nc2ccccc2c(=O)n1CCCOC(=O)C(Cl)(Cl)Cl. The van der Waals surface area contributed by atoms with Crippen LogP contribution in [-0.2, 0) is 22.7 Å². The third-order valence-corrected chi connectivity index (χ3v) is 4.84. The molecule has 0 atom stereocenters. The van der Waals surface area contributed by atoms with Gasteiger partial charge in [0.2, 0.25) is 0 Å². The van der Waals surface area contributed by atoms with Crippen molar-refractivity contribution in [2.45, 2.75) is 30.3 Å². The fourth-order valence-corrected chi connectivity index (χ4v) is 3.05. The molecule has 6 nitrogen and oxygen atoms in total. The van der Waals surface area contributed by atoms with Crippen LogP contribution < -0.4 is 10.3 Å². The van der Waals surface area contributed by atoms with Gasteiger partial charge in [0.15, 0.2) is 0 Å². The summed E-state index contributed by atoms with van der Waals surface area (Å²) in [6.45, 7) is 2.30. The zero-order valence-electron chi connectivity index (χ0n) is 16.1. The van der Waals surface area contributed by atoms with Crippen molar-refractivity contribution in [3.8, 4) is 5.75 Å². The van der Waals surface area contributed by atoms with Crippen LogP contribution in [0.2, 0.25) is 0 Å². The largest absolute Gasteiger partial charge is 0.485 e. The smallest absolute Gasteiger partial charge is 0.358 e. The minimum Gasteiger partial charge on any atom is -0.485 e. The Bertz CT molecular complexity index is 1110. The molecule has 0 saturated heterocycles. The number of nitrogens with zero attached hydrogens (tertiary/aromatic N) is 2. The number of carbonyl (C=O) groups is 1. The highest BCUT2D eigenvalue weighted by atomic mass is 35.6. The molecule has 0 amide bonds. The third-order valence-electron chi connectivity index (χ3n) is 4.38. The van der Waals surface area contributed by atoms with E-state index in [0.717, 1.165) is 5.56 Å². The maximum atomic E-state index is 13.0. The molecular weight excluding hydrogens is 451 g/mol. The number of aryl methyl sites for hydroxylation is 1. The first-order chi connectivity index (χ1) is 14.3. The number of halogens is 3. The predicted octanol–water partition coefficient (Wildman–Crippen LogP) is 4.59. The number of carbonyl (C=O) groups excluding carboxylic acids is 1. The van der Waals surface area contributed by atoms with E-state index >= 15 is 0 Å². The van der Waals surface area contributed by atoms with E-state index in [0.29, 0.717) is 28.9 Å². The van der Waals surface area contributed by atoms with E-state index in [1.54, 1.807) is 18.2 Å². The van der Waals surface area contributed by atoms with Crippen molar-refractivity contribution in [2.75, 3.05) is 6.61 Å². The molecule has 0 radical (unpaired) electrons. The first-order valence-electron chi connectivity index (χ1n) is 9.18. The van der Waals surface area contributed by atoms with Crippen LogP contribution >= 0.6 is 34.8 Å². The Balaban J connectivity index is 1.81. The lowest BCUT2D eigenvalue weighted by Gasteiger charge is -2.15. The summed E-state index contributed by atoms with van der Waals surface area (Å²) in [6.07, 6.45) is 0.337. The van der Waals surface area contributed by atoms with Gasteiger partial charge in [-0.2, -0.15) is 0 Å². The van der Waals surface area contributed by atoms with Crippen LogP contribution in [0.5, 0.6) is 5.75 Å². The number of para-hydroxylation sites is 2. The minimum atomic E-state index is -2.13. The fourth-order valence-electron chi connectivity index (χ4n) is 2.88. The number of hydrogen-bond acceptors (Lipinski definition) is 5. The molecule has 3 aromatic rings. The van der Waals surface area contributed by atoms with E-state index in [9.17, 15) is 9.59 Å². The van der Waals surface area contributed by atoms with Crippen molar-refractivity contribution >= 4 is 51.7 Å². The zero-order chi connectivity index (χ0) is 21.7. The molecule has 0 aliphatic rings. The normalized spacial score (nSPS) is 11.5. The van der Waals surface area contributed by atoms with Crippen molar-refractivity contribution in [1.29, 1.82) is 0 Å². The molecule has 3 rings (SSSR count). The van der Waals surface area contributed by atoms with Crippen molar-refractivity contribution in [3.63, 3.8) is 0 Å². The van der Waals surface area contributed by atoms with Crippen molar-refractivity contribution < 1.29 is 14.3 Å². The number of aromatic nitrogens is 2. The molecular formula is C21H19Cl3N2O4. The van der Waals surface area contributed by atoms with Crippen LogP contribution in [0.3, 0.4) is 0 Å². The van der Waals surface area contributed by atoms with Gasteiger partial charge in [-0.05, 0) is 37.1 Å². The Morgan fingerprint density at radius 1 is 1.10 bits per heavy atom. The van der Waals surface area contributed by atoms with Gasteiger partial charge < -0.3 is 9.47 Å². The third kappa shape index (κ3) is 5.45. The Morgan fingerprint density at radius 2 is 1.80 bits per heavy atom. The lowest BCUT2D eigenvalue weighted by Crippen LogP contribution is -2.28. The molecule has 0 N–H and O–H groups in total. The van der Waals surface area contributed by atoms with Gasteiger partial charge in [0, 0.05) is 6.54 Å². The van der Waals surface area contributed by atoms with Gasteiger partial charge in [0.1, 0.15) is 18.2 Å². The van der Waals surface area contributed by atoms with E-state index < -0.39 is 9.76 Å². The molecule has 0 aliphatic carbocycles. The van der Waals surface area contributed by atoms with Crippen LogP contribution in [0.4, 0.5) is 0 Å². The zero-order valence-corrected chi connectivity index (χ0v) is 18.4. The highest BCUT2D eigenvalue weighted by Gasteiger charge is 2.32. The molecule has 9 heteroatoms. The van der Waals surface area contributed by atoms with Crippen LogP contribution in [-0.4, -0.2) is 25.9 Å². The summed E-state index contributed by atoms with van der Waals surface area (Å²) in [5.74, 6) is 0.220. The van der Waals surface area contributed by atoms with Gasteiger partial charge in [0.25, 0.3) is 9.35 Å². The Labute approximate surface area is 188 Å². The van der Waals surface area contributed by atoms with Gasteiger partial charge >= 0.3 is 5.97 Å². The summed E-state index contributed by atoms with van der Waals surface area (Å²) in [4.78, 5) is 29.2. The Hall–Kier alpha value is -2.28. The van der Waals surface area contributed by atoms with Gasteiger partial charge in [-0.15, -0.1) is 0 Å². The Morgan fingerprint density at radius 3 is 2.53 bits per heavy atom. The number of fused-ring (bicyclic) bond motifs is 1. The van der Waals surface area contributed by atoms with Crippen molar-refractivity contribution in [1.82, 2.24) is 9.55 Å². The molecule has 158 valence electrons. The number of alkyl halides is 3.